The minimum Gasteiger partial charge on any atom is -0.461 e. The molecule has 2 rings (SSSR count). The molecule has 0 heterocycles. The van der Waals surface area contributed by atoms with Gasteiger partial charge in [0.2, 0.25) is 0 Å². The van der Waals surface area contributed by atoms with Crippen LogP contribution in [0.5, 0.6) is 0 Å². The molecule has 1 aromatic rings. The number of carbonyl (C=O) groups is 1. The third-order valence-corrected chi connectivity index (χ3v) is 4.21. The Morgan fingerprint density at radius 2 is 1.95 bits per heavy atom. The van der Waals surface area contributed by atoms with Gasteiger partial charge in [0.15, 0.2) is 0 Å². The summed E-state index contributed by atoms with van der Waals surface area (Å²) in [6, 6.07) is 7.43. The average Bonchev–Trinajstić information content (AvgIpc) is 2.46. The molecule has 0 aliphatic heterocycles. The third-order valence-electron chi connectivity index (χ3n) is 3.84. The summed E-state index contributed by atoms with van der Waals surface area (Å²) in [6.45, 7) is 0.983. The van der Waals surface area contributed by atoms with Crippen LogP contribution in [0.4, 0.5) is 0 Å². The molecule has 2 N–H and O–H groups in total. The van der Waals surface area contributed by atoms with E-state index in [0.29, 0.717) is 10.9 Å². The van der Waals surface area contributed by atoms with Crippen LogP contribution in [0, 0.1) is 11.8 Å². The Kier molecular flexibility index (Phi) is 5.23. The van der Waals surface area contributed by atoms with Crippen molar-refractivity contribution < 1.29 is 9.53 Å². The number of esters is 1. The normalized spacial score (nSPS) is 23.1. The second-order valence-corrected chi connectivity index (χ2v) is 5.56. The third kappa shape index (κ3) is 3.95. The zero-order valence-electron chi connectivity index (χ0n) is 11.0. The molecule has 1 aliphatic carbocycles. The summed E-state index contributed by atoms with van der Waals surface area (Å²) in [6.07, 6.45) is 3.84. The topological polar surface area (TPSA) is 52.3 Å². The molecular formula is C15H20ClNO2. The van der Waals surface area contributed by atoms with Crippen LogP contribution >= 0.6 is 11.6 Å². The average molecular weight is 282 g/mol. The second-order valence-electron chi connectivity index (χ2n) is 5.15. The maximum absolute atomic E-state index is 12.0. The maximum Gasteiger partial charge on any atom is 0.309 e. The van der Waals surface area contributed by atoms with Crippen LogP contribution in [-0.2, 0) is 16.1 Å². The molecule has 0 aromatic heterocycles. The van der Waals surface area contributed by atoms with Gasteiger partial charge in [0.25, 0.3) is 0 Å². The van der Waals surface area contributed by atoms with E-state index in [9.17, 15) is 4.79 Å². The van der Waals surface area contributed by atoms with Crippen molar-refractivity contribution in [1.29, 1.82) is 0 Å². The summed E-state index contributed by atoms with van der Waals surface area (Å²) in [7, 11) is 0. The molecule has 1 fully saturated rings. The molecule has 0 spiro atoms. The number of hydrogen-bond donors (Lipinski definition) is 1. The fraction of sp³-hybridized carbons (Fsp3) is 0.533. The summed E-state index contributed by atoms with van der Waals surface area (Å²) in [5.41, 5.74) is 6.50. The highest BCUT2D eigenvalue weighted by Gasteiger charge is 2.26. The molecule has 0 unspecified atom stereocenters. The van der Waals surface area contributed by atoms with E-state index in [0.717, 1.165) is 37.8 Å². The molecule has 1 saturated carbocycles. The highest BCUT2D eigenvalue weighted by atomic mass is 35.5. The van der Waals surface area contributed by atoms with E-state index in [1.807, 2.05) is 18.2 Å². The van der Waals surface area contributed by atoms with Gasteiger partial charge in [0, 0.05) is 10.6 Å². The van der Waals surface area contributed by atoms with Crippen molar-refractivity contribution in [3.63, 3.8) is 0 Å². The molecule has 0 saturated heterocycles. The Morgan fingerprint density at radius 1 is 1.26 bits per heavy atom. The van der Waals surface area contributed by atoms with Gasteiger partial charge in [-0.15, -0.1) is 0 Å². The Balaban J connectivity index is 1.81. The summed E-state index contributed by atoms with van der Waals surface area (Å²) in [4.78, 5) is 12.0. The quantitative estimate of drug-likeness (QED) is 0.863. The lowest BCUT2D eigenvalue weighted by Crippen LogP contribution is -2.26. The standard InChI is InChI=1S/C15H20ClNO2/c16-14-4-2-1-3-13(14)10-19-15(18)12-7-5-11(9-17)6-8-12/h1-4,11-12H,5-10,17H2. The van der Waals surface area contributed by atoms with E-state index < -0.39 is 0 Å². The summed E-state index contributed by atoms with van der Waals surface area (Å²) < 4.78 is 5.36. The first-order chi connectivity index (χ1) is 9.20. The highest BCUT2D eigenvalue weighted by molar-refractivity contribution is 6.31. The Morgan fingerprint density at radius 3 is 2.58 bits per heavy atom. The molecule has 0 bridgehead atoms. The van der Waals surface area contributed by atoms with Crippen LogP contribution in [0.2, 0.25) is 5.02 Å². The predicted molar refractivity (Wildman–Crippen MR) is 75.8 cm³/mol. The summed E-state index contributed by atoms with van der Waals surface area (Å²) in [5, 5.41) is 0.641. The van der Waals surface area contributed by atoms with Gasteiger partial charge in [0.05, 0.1) is 5.92 Å². The zero-order valence-corrected chi connectivity index (χ0v) is 11.7. The van der Waals surface area contributed by atoms with Crippen LogP contribution in [0.3, 0.4) is 0 Å². The van der Waals surface area contributed by atoms with Crippen molar-refractivity contribution in [3.05, 3.63) is 34.9 Å². The number of benzene rings is 1. The van der Waals surface area contributed by atoms with Gasteiger partial charge < -0.3 is 10.5 Å². The van der Waals surface area contributed by atoms with E-state index >= 15 is 0 Å². The van der Waals surface area contributed by atoms with Crippen LogP contribution in [-0.4, -0.2) is 12.5 Å². The highest BCUT2D eigenvalue weighted by Crippen LogP contribution is 2.29. The Hall–Kier alpha value is -1.06. The number of nitrogens with two attached hydrogens (primary N) is 1. The number of carbonyl (C=O) groups excluding carboxylic acids is 1. The van der Waals surface area contributed by atoms with Crippen LogP contribution < -0.4 is 5.73 Å². The number of ether oxygens (including phenoxy) is 1. The monoisotopic (exact) mass is 281 g/mol. The lowest BCUT2D eigenvalue weighted by atomic mass is 9.82. The second kappa shape index (κ2) is 6.92. The van der Waals surface area contributed by atoms with Crippen molar-refractivity contribution in [2.75, 3.05) is 6.54 Å². The van der Waals surface area contributed by atoms with Crippen LogP contribution in [0.25, 0.3) is 0 Å². The fourth-order valence-corrected chi connectivity index (χ4v) is 2.71. The lowest BCUT2D eigenvalue weighted by Gasteiger charge is -2.26. The fourth-order valence-electron chi connectivity index (χ4n) is 2.52. The molecule has 1 aromatic carbocycles. The molecule has 19 heavy (non-hydrogen) atoms. The van der Waals surface area contributed by atoms with Gasteiger partial charge >= 0.3 is 5.97 Å². The molecule has 0 atom stereocenters. The van der Waals surface area contributed by atoms with E-state index in [1.54, 1.807) is 6.07 Å². The van der Waals surface area contributed by atoms with Crippen molar-refractivity contribution in [1.82, 2.24) is 0 Å². The summed E-state index contributed by atoms with van der Waals surface area (Å²) in [5.74, 6) is 0.508. The van der Waals surface area contributed by atoms with Crippen LogP contribution in [0.1, 0.15) is 31.2 Å². The largest absolute Gasteiger partial charge is 0.461 e. The zero-order chi connectivity index (χ0) is 13.7. The Labute approximate surface area is 119 Å². The molecule has 3 nitrogen and oxygen atoms in total. The first-order valence-corrected chi connectivity index (χ1v) is 7.18. The SMILES string of the molecule is NCC1CCC(C(=O)OCc2ccccc2Cl)CC1. The van der Waals surface area contributed by atoms with Gasteiger partial charge in [0.1, 0.15) is 6.61 Å². The van der Waals surface area contributed by atoms with E-state index in [-0.39, 0.29) is 18.5 Å². The van der Waals surface area contributed by atoms with Crippen molar-refractivity contribution in [3.8, 4) is 0 Å². The van der Waals surface area contributed by atoms with Gasteiger partial charge in [-0.2, -0.15) is 0 Å². The van der Waals surface area contributed by atoms with Gasteiger partial charge in [-0.05, 0) is 44.2 Å². The number of rotatable bonds is 4. The lowest BCUT2D eigenvalue weighted by molar-refractivity contribution is -0.151. The summed E-state index contributed by atoms with van der Waals surface area (Å²) >= 11 is 6.03. The first-order valence-electron chi connectivity index (χ1n) is 6.80. The van der Waals surface area contributed by atoms with E-state index in [2.05, 4.69) is 0 Å². The van der Waals surface area contributed by atoms with E-state index in [4.69, 9.17) is 22.1 Å². The number of hydrogen-bond acceptors (Lipinski definition) is 3. The van der Waals surface area contributed by atoms with Crippen molar-refractivity contribution in [2.45, 2.75) is 32.3 Å². The Bertz CT molecular complexity index is 428. The minimum atomic E-state index is -0.101. The molecule has 4 heteroatoms. The molecule has 0 amide bonds. The smallest absolute Gasteiger partial charge is 0.309 e. The molecule has 104 valence electrons. The van der Waals surface area contributed by atoms with Gasteiger partial charge in [-0.3, -0.25) is 4.79 Å². The molecule has 0 radical (unpaired) electrons. The minimum absolute atomic E-state index is 0.0327. The number of halogens is 1. The van der Waals surface area contributed by atoms with Crippen LogP contribution in [0.15, 0.2) is 24.3 Å². The maximum atomic E-state index is 12.0. The first kappa shape index (κ1) is 14.4. The van der Waals surface area contributed by atoms with Crippen molar-refractivity contribution in [2.24, 2.45) is 17.6 Å². The van der Waals surface area contributed by atoms with Gasteiger partial charge in [-0.1, -0.05) is 29.8 Å². The molecule has 1 aliphatic rings. The van der Waals surface area contributed by atoms with Gasteiger partial charge in [-0.25, -0.2) is 0 Å². The predicted octanol–water partition coefficient (Wildman–Crippen LogP) is 3.15. The molecular weight excluding hydrogens is 262 g/mol. The van der Waals surface area contributed by atoms with Crippen molar-refractivity contribution >= 4 is 17.6 Å². The van der Waals surface area contributed by atoms with E-state index in [1.165, 1.54) is 0 Å².